The van der Waals surface area contributed by atoms with Crippen molar-refractivity contribution in [3.63, 3.8) is 0 Å². The van der Waals surface area contributed by atoms with Crippen molar-refractivity contribution in [1.82, 2.24) is 10.2 Å². The number of nitrogens with zero attached hydrogens (tertiary/aromatic N) is 1. The fourth-order valence-electron chi connectivity index (χ4n) is 2.86. The molecule has 1 aliphatic rings. The number of nitrogens with one attached hydrogen (secondary N) is 1. The van der Waals surface area contributed by atoms with Crippen LogP contribution >= 0.6 is 11.8 Å². The van der Waals surface area contributed by atoms with Gasteiger partial charge in [0.15, 0.2) is 0 Å². The molecule has 0 aromatic rings. The molecule has 4 heteroatoms. The van der Waals surface area contributed by atoms with Crippen molar-refractivity contribution in [2.45, 2.75) is 70.8 Å². The number of rotatable bonds is 7. The van der Waals surface area contributed by atoms with E-state index in [-0.39, 0.29) is 17.0 Å². The van der Waals surface area contributed by atoms with Gasteiger partial charge >= 0.3 is 0 Å². The third-order valence-corrected chi connectivity index (χ3v) is 6.08. The van der Waals surface area contributed by atoms with Gasteiger partial charge in [0.2, 0.25) is 5.91 Å². The summed E-state index contributed by atoms with van der Waals surface area (Å²) in [4.78, 5) is 14.6. The fourth-order valence-corrected chi connectivity index (χ4v) is 3.71. The van der Waals surface area contributed by atoms with Gasteiger partial charge in [0.25, 0.3) is 0 Å². The van der Waals surface area contributed by atoms with Crippen LogP contribution in [0.3, 0.4) is 0 Å². The molecule has 1 N–H and O–H groups in total. The van der Waals surface area contributed by atoms with Crippen LogP contribution in [0.4, 0.5) is 0 Å². The van der Waals surface area contributed by atoms with Gasteiger partial charge < -0.3 is 4.90 Å². The van der Waals surface area contributed by atoms with Gasteiger partial charge in [0.05, 0.1) is 12.2 Å². The van der Waals surface area contributed by atoms with Gasteiger partial charge in [0, 0.05) is 11.3 Å². The maximum Gasteiger partial charge on any atom is 0.241 e. The molecule has 112 valence electrons. The first-order chi connectivity index (χ1) is 8.94. The zero-order valence-corrected chi connectivity index (χ0v) is 14.1. The molecule has 1 amide bonds. The Morgan fingerprint density at radius 1 is 1.32 bits per heavy atom. The Bertz CT molecular complexity index is 294. The summed E-state index contributed by atoms with van der Waals surface area (Å²) in [5.74, 6) is 0.746. The fraction of sp³-hybridized carbons (Fsp3) is 0.933. The first-order valence-electron chi connectivity index (χ1n) is 7.56. The highest BCUT2D eigenvalue weighted by Crippen LogP contribution is 2.34. The Balaban J connectivity index is 2.91. The number of hydrogen-bond acceptors (Lipinski definition) is 3. The molecule has 2 atom stereocenters. The Hall–Kier alpha value is -0.220. The average molecular weight is 286 g/mol. The molecule has 1 rings (SSSR count). The van der Waals surface area contributed by atoms with E-state index in [0.717, 1.165) is 25.8 Å². The van der Waals surface area contributed by atoms with Crippen LogP contribution in [0.1, 0.15) is 53.9 Å². The quantitative estimate of drug-likeness (QED) is 0.780. The van der Waals surface area contributed by atoms with Gasteiger partial charge in [-0.3, -0.25) is 10.1 Å². The minimum atomic E-state index is 0.0145. The molecule has 1 saturated heterocycles. The van der Waals surface area contributed by atoms with E-state index in [9.17, 15) is 4.79 Å². The van der Waals surface area contributed by atoms with Gasteiger partial charge in [0.1, 0.15) is 0 Å². The van der Waals surface area contributed by atoms with Crippen LogP contribution in [0, 0.1) is 5.92 Å². The molecule has 3 nitrogen and oxygen atoms in total. The van der Waals surface area contributed by atoms with E-state index in [1.54, 1.807) is 0 Å². The van der Waals surface area contributed by atoms with Crippen LogP contribution in [0.15, 0.2) is 0 Å². The highest BCUT2D eigenvalue weighted by molar-refractivity contribution is 8.00. The molecule has 0 aliphatic carbocycles. The molecule has 2 unspecified atom stereocenters. The first-order valence-corrected chi connectivity index (χ1v) is 8.78. The van der Waals surface area contributed by atoms with Crippen molar-refractivity contribution < 1.29 is 4.79 Å². The highest BCUT2D eigenvalue weighted by Gasteiger charge is 2.42. The highest BCUT2D eigenvalue weighted by atomic mass is 32.2. The van der Waals surface area contributed by atoms with E-state index >= 15 is 0 Å². The number of hydrogen-bond donors (Lipinski definition) is 1. The van der Waals surface area contributed by atoms with E-state index in [0.29, 0.717) is 11.8 Å². The Labute approximate surface area is 122 Å². The summed E-state index contributed by atoms with van der Waals surface area (Å²) in [6, 6.07) is 0.0145. The predicted molar refractivity (Wildman–Crippen MR) is 84.4 cm³/mol. The molecule has 0 aromatic heterocycles. The van der Waals surface area contributed by atoms with Crippen molar-refractivity contribution in [2.24, 2.45) is 5.92 Å². The molecule has 1 aliphatic heterocycles. The molecule has 0 spiro atoms. The SMILES string of the molecule is CCC1NC(C(C)C)N(CC(CC)(CC)SC)C1=O. The monoisotopic (exact) mass is 286 g/mol. The lowest BCUT2D eigenvalue weighted by Crippen LogP contribution is -2.48. The van der Waals surface area contributed by atoms with Crippen LogP contribution in [-0.2, 0) is 4.79 Å². The minimum absolute atomic E-state index is 0.0145. The third kappa shape index (κ3) is 3.46. The zero-order chi connectivity index (χ0) is 14.6. The smallest absolute Gasteiger partial charge is 0.241 e. The summed E-state index contributed by atoms with van der Waals surface area (Å²) >= 11 is 1.91. The lowest BCUT2D eigenvalue weighted by Gasteiger charge is -2.37. The lowest BCUT2D eigenvalue weighted by molar-refractivity contribution is -0.131. The largest absolute Gasteiger partial charge is 0.324 e. The van der Waals surface area contributed by atoms with Gasteiger partial charge in [-0.1, -0.05) is 34.6 Å². The van der Waals surface area contributed by atoms with Crippen LogP contribution in [-0.4, -0.2) is 40.6 Å². The summed E-state index contributed by atoms with van der Waals surface area (Å²) < 4.78 is 0.201. The van der Waals surface area contributed by atoms with Crippen LogP contribution in [0.5, 0.6) is 0 Å². The van der Waals surface area contributed by atoms with E-state index in [1.807, 2.05) is 11.8 Å². The second-order valence-corrected chi connectivity index (χ2v) is 7.15. The Morgan fingerprint density at radius 2 is 1.89 bits per heavy atom. The first kappa shape index (κ1) is 16.8. The molecule has 0 radical (unpaired) electrons. The normalized spacial score (nSPS) is 24.6. The summed E-state index contributed by atoms with van der Waals surface area (Å²) in [6.45, 7) is 11.8. The van der Waals surface area contributed by atoms with Gasteiger partial charge in [-0.15, -0.1) is 0 Å². The maximum atomic E-state index is 12.5. The van der Waals surface area contributed by atoms with Crippen molar-refractivity contribution in [1.29, 1.82) is 0 Å². The van der Waals surface area contributed by atoms with Crippen molar-refractivity contribution in [2.75, 3.05) is 12.8 Å². The van der Waals surface area contributed by atoms with E-state index in [4.69, 9.17) is 0 Å². The van der Waals surface area contributed by atoms with Crippen LogP contribution in [0.25, 0.3) is 0 Å². The maximum absolute atomic E-state index is 12.5. The number of carbonyl (C=O) groups excluding carboxylic acids is 1. The molecular formula is C15H30N2OS. The summed E-state index contributed by atoms with van der Waals surface area (Å²) in [5.41, 5.74) is 0. The van der Waals surface area contributed by atoms with E-state index in [1.165, 1.54) is 0 Å². The van der Waals surface area contributed by atoms with Crippen molar-refractivity contribution >= 4 is 17.7 Å². The minimum Gasteiger partial charge on any atom is -0.324 e. The lowest BCUT2D eigenvalue weighted by atomic mass is 10.00. The van der Waals surface area contributed by atoms with Gasteiger partial charge in [-0.2, -0.15) is 11.8 Å². The third-order valence-electron chi connectivity index (χ3n) is 4.51. The average Bonchev–Trinajstić information content (AvgIpc) is 2.73. The summed E-state index contributed by atoms with van der Waals surface area (Å²) in [7, 11) is 0. The zero-order valence-electron chi connectivity index (χ0n) is 13.3. The number of amides is 1. The number of thioether (sulfide) groups is 1. The topological polar surface area (TPSA) is 32.3 Å². The molecule has 19 heavy (non-hydrogen) atoms. The molecule has 1 fully saturated rings. The molecule has 0 aromatic carbocycles. The second-order valence-electron chi connectivity index (χ2n) is 5.88. The Morgan fingerprint density at radius 3 is 2.26 bits per heavy atom. The Kier molecular flexibility index (Phi) is 6.18. The van der Waals surface area contributed by atoms with Crippen molar-refractivity contribution in [3.05, 3.63) is 0 Å². The summed E-state index contributed by atoms with van der Waals surface area (Å²) in [5, 5.41) is 3.50. The van der Waals surface area contributed by atoms with Crippen LogP contribution < -0.4 is 5.32 Å². The van der Waals surface area contributed by atoms with E-state index in [2.05, 4.69) is 51.1 Å². The molecule has 0 bridgehead atoms. The molecule has 0 saturated carbocycles. The predicted octanol–water partition coefficient (Wildman–Crippen LogP) is 3.10. The summed E-state index contributed by atoms with van der Waals surface area (Å²) in [6.07, 6.45) is 5.46. The van der Waals surface area contributed by atoms with Crippen molar-refractivity contribution in [3.8, 4) is 0 Å². The van der Waals surface area contributed by atoms with E-state index < -0.39 is 0 Å². The second kappa shape index (κ2) is 6.98. The molecular weight excluding hydrogens is 256 g/mol. The number of carbonyl (C=O) groups is 1. The van der Waals surface area contributed by atoms with Crippen LogP contribution in [0.2, 0.25) is 0 Å². The molecule has 1 heterocycles. The van der Waals surface area contributed by atoms with Gasteiger partial charge in [-0.25, -0.2) is 0 Å². The van der Waals surface area contributed by atoms with Gasteiger partial charge in [-0.05, 0) is 31.4 Å². The standard InChI is InChI=1S/C15H30N2OS/c1-7-12-14(18)17(13(16-12)11(4)5)10-15(8-2,9-3)19-6/h11-13,16H,7-10H2,1-6H3.